The number of hydrogen-bond donors (Lipinski definition) is 0. The molecule has 4 heterocycles. The van der Waals surface area contributed by atoms with Gasteiger partial charge in [-0.25, -0.2) is 0 Å². The zero-order valence-electron chi connectivity index (χ0n) is 24.8. The molecule has 4 aliphatic rings. The lowest BCUT2D eigenvalue weighted by Gasteiger charge is -2.46. The summed E-state index contributed by atoms with van der Waals surface area (Å²) >= 11 is 0. The van der Waals surface area contributed by atoms with Gasteiger partial charge in [-0.05, 0) is 91.8 Å². The Kier molecular flexibility index (Phi) is 6.61. The maximum atomic E-state index is 14.5. The molecule has 1 aromatic carbocycles. The van der Waals surface area contributed by atoms with Crippen molar-refractivity contribution in [2.75, 3.05) is 18.0 Å². The molecular weight excluding hydrogens is 557 g/mol. The average Bonchev–Trinajstić information content (AvgIpc) is 3.61. The number of piperidine rings is 1. The molecule has 11 heteroatoms. The molecule has 2 aliphatic heterocycles. The van der Waals surface area contributed by atoms with Gasteiger partial charge in [0.1, 0.15) is 17.8 Å². The molecule has 2 aromatic heterocycles. The molecule has 1 saturated heterocycles. The van der Waals surface area contributed by atoms with Crippen molar-refractivity contribution < 1.29 is 18.0 Å². The molecule has 43 heavy (non-hydrogen) atoms. The van der Waals surface area contributed by atoms with Crippen LogP contribution in [0.15, 0.2) is 35.5 Å². The quantitative estimate of drug-likeness (QED) is 0.380. The summed E-state index contributed by atoms with van der Waals surface area (Å²) in [5, 5.41) is 8.53. The molecule has 0 unspecified atom stereocenters. The lowest BCUT2D eigenvalue weighted by molar-refractivity contribution is -0.138. The fourth-order valence-electron chi connectivity index (χ4n) is 7.76. The van der Waals surface area contributed by atoms with Gasteiger partial charge in [0, 0.05) is 37.9 Å². The predicted octanol–water partition coefficient (Wildman–Crippen LogP) is 5.44. The van der Waals surface area contributed by atoms with E-state index in [4.69, 9.17) is 0 Å². The van der Waals surface area contributed by atoms with Crippen molar-refractivity contribution in [1.29, 1.82) is 0 Å². The monoisotopic (exact) mass is 594 g/mol. The highest BCUT2D eigenvalue weighted by Crippen LogP contribution is 2.52. The van der Waals surface area contributed by atoms with E-state index in [1.165, 1.54) is 11.0 Å². The Balaban J connectivity index is 1.31. The van der Waals surface area contributed by atoms with Crippen LogP contribution in [0.3, 0.4) is 0 Å². The van der Waals surface area contributed by atoms with E-state index in [0.717, 1.165) is 63.0 Å². The minimum atomic E-state index is -4.63. The Morgan fingerprint density at radius 3 is 2.44 bits per heavy atom. The molecule has 1 atom stereocenters. The number of anilines is 1. The van der Waals surface area contributed by atoms with Gasteiger partial charge in [0.15, 0.2) is 0 Å². The standard InChI is InChI=1S/C32H37F3N6O2/c1-19-5-4-8-39(14-19)15-21-9-24-25(26(10-21)32(33,34)35)17-41(28(24)42)27-11-22(16-40(29(27)43)23-6-7-23)31(12-20(2)13-31)30-37-36-18-38(30)3/h9-11,16,18-20,23H,4-8,12-15,17H2,1-3H3/t19-,20?,31?/m0/s1. The smallest absolute Gasteiger partial charge is 0.320 e. The van der Waals surface area contributed by atoms with E-state index >= 15 is 0 Å². The first-order valence-corrected chi connectivity index (χ1v) is 15.3. The molecule has 0 bridgehead atoms. The highest BCUT2D eigenvalue weighted by Gasteiger charge is 2.50. The number of nitrogens with zero attached hydrogens (tertiary/aromatic N) is 6. The molecule has 0 spiro atoms. The van der Waals surface area contributed by atoms with Crippen molar-refractivity contribution in [3.8, 4) is 0 Å². The fourth-order valence-corrected chi connectivity index (χ4v) is 7.76. The van der Waals surface area contributed by atoms with E-state index in [1.807, 2.05) is 17.8 Å². The van der Waals surface area contributed by atoms with Crippen LogP contribution in [0.4, 0.5) is 18.9 Å². The van der Waals surface area contributed by atoms with Crippen LogP contribution >= 0.6 is 0 Å². The molecule has 228 valence electrons. The second-order valence-electron chi connectivity index (χ2n) is 13.5. The van der Waals surface area contributed by atoms with Gasteiger partial charge in [-0.1, -0.05) is 13.8 Å². The zero-order chi connectivity index (χ0) is 30.3. The Hall–Kier alpha value is -3.47. The topological polar surface area (TPSA) is 76.3 Å². The normalized spacial score (nSPS) is 26.1. The van der Waals surface area contributed by atoms with Crippen molar-refractivity contribution in [2.24, 2.45) is 18.9 Å². The number of alkyl halides is 3. The number of carbonyl (C=O) groups excluding carboxylic acids is 1. The van der Waals surface area contributed by atoms with Gasteiger partial charge in [-0.3, -0.25) is 19.4 Å². The highest BCUT2D eigenvalue weighted by atomic mass is 19.4. The first kappa shape index (κ1) is 28.3. The van der Waals surface area contributed by atoms with E-state index in [2.05, 4.69) is 28.9 Å². The van der Waals surface area contributed by atoms with E-state index in [1.54, 1.807) is 23.0 Å². The van der Waals surface area contributed by atoms with E-state index in [-0.39, 0.29) is 35.0 Å². The number of rotatable bonds is 6. The number of halogens is 3. The lowest BCUT2D eigenvalue weighted by Crippen LogP contribution is -2.44. The van der Waals surface area contributed by atoms with E-state index in [0.29, 0.717) is 23.9 Å². The first-order valence-electron chi connectivity index (χ1n) is 15.3. The largest absolute Gasteiger partial charge is 0.416 e. The summed E-state index contributed by atoms with van der Waals surface area (Å²) in [6.45, 7) is 6.02. The summed E-state index contributed by atoms with van der Waals surface area (Å²) in [4.78, 5) is 31.3. The van der Waals surface area contributed by atoms with Crippen molar-refractivity contribution in [1.82, 2.24) is 24.2 Å². The lowest BCUT2D eigenvalue weighted by atomic mass is 9.59. The van der Waals surface area contributed by atoms with Crippen LogP contribution in [0.25, 0.3) is 0 Å². The van der Waals surface area contributed by atoms with Crippen LogP contribution < -0.4 is 10.5 Å². The first-order chi connectivity index (χ1) is 20.4. The number of carbonyl (C=O) groups is 1. The van der Waals surface area contributed by atoms with Gasteiger partial charge in [-0.2, -0.15) is 13.2 Å². The minimum absolute atomic E-state index is 0.0181. The van der Waals surface area contributed by atoms with Gasteiger partial charge in [0.2, 0.25) is 0 Å². The van der Waals surface area contributed by atoms with Crippen molar-refractivity contribution >= 4 is 11.6 Å². The van der Waals surface area contributed by atoms with Gasteiger partial charge in [0.25, 0.3) is 11.5 Å². The molecule has 3 aromatic rings. The Bertz CT molecular complexity index is 1650. The average molecular weight is 595 g/mol. The third-order valence-electron chi connectivity index (χ3n) is 9.90. The molecule has 7 rings (SSSR count). The van der Waals surface area contributed by atoms with Crippen molar-refractivity contribution in [3.05, 3.63) is 74.7 Å². The van der Waals surface area contributed by atoms with Crippen LogP contribution in [0.1, 0.15) is 96.9 Å². The second-order valence-corrected chi connectivity index (χ2v) is 13.5. The van der Waals surface area contributed by atoms with Gasteiger partial charge < -0.3 is 9.13 Å². The van der Waals surface area contributed by atoms with Crippen LogP contribution in [-0.2, 0) is 31.7 Å². The van der Waals surface area contributed by atoms with Gasteiger partial charge in [0.05, 0.1) is 17.5 Å². The third-order valence-corrected chi connectivity index (χ3v) is 9.90. The SMILES string of the molecule is CC1CC(c2cc(N3Cc4c(cc(CN5CCC[C@H](C)C5)cc4C(F)(F)F)C3=O)c(=O)n(C3CC3)c2)(c2nncn2C)C1. The van der Waals surface area contributed by atoms with E-state index < -0.39 is 23.1 Å². The van der Waals surface area contributed by atoms with Crippen LogP contribution in [0, 0.1) is 11.8 Å². The molecule has 2 saturated carbocycles. The number of likely N-dealkylation sites (tertiary alicyclic amines) is 1. The Morgan fingerprint density at radius 1 is 1.05 bits per heavy atom. The van der Waals surface area contributed by atoms with Crippen LogP contribution in [0.5, 0.6) is 0 Å². The van der Waals surface area contributed by atoms with Gasteiger partial charge in [-0.15, -0.1) is 10.2 Å². The molecule has 0 radical (unpaired) electrons. The Morgan fingerprint density at radius 2 is 1.81 bits per heavy atom. The maximum absolute atomic E-state index is 14.5. The zero-order valence-corrected chi connectivity index (χ0v) is 24.8. The molecule has 2 aliphatic carbocycles. The molecular formula is C32H37F3N6O2. The predicted molar refractivity (Wildman–Crippen MR) is 155 cm³/mol. The summed E-state index contributed by atoms with van der Waals surface area (Å²) in [6, 6.07) is 4.57. The highest BCUT2D eigenvalue weighted by molar-refractivity contribution is 6.10. The fraction of sp³-hybridized carbons (Fsp3) is 0.562. The van der Waals surface area contributed by atoms with Crippen LogP contribution in [0.2, 0.25) is 0 Å². The van der Waals surface area contributed by atoms with E-state index in [9.17, 15) is 22.8 Å². The van der Waals surface area contributed by atoms with Crippen molar-refractivity contribution in [2.45, 2.75) is 83.1 Å². The summed E-state index contributed by atoms with van der Waals surface area (Å²) in [5.41, 5.74) is -0.186. The summed E-state index contributed by atoms with van der Waals surface area (Å²) in [7, 11) is 1.89. The number of pyridine rings is 1. The van der Waals surface area contributed by atoms with Crippen molar-refractivity contribution in [3.63, 3.8) is 0 Å². The summed E-state index contributed by atoms with van der Waals surface area (Å²) < 4.78 is 47.0. The summed E-state index contributed by atoms with van der Waals surface area (Å²) in [5.74, 6) is 1.13. The number of fused-ring (bicyclic) bond motifs is 1. The molecule has 0 N–H and O–H groups in total. The number of amides is 1. The number of aromatic nitrogens is 4. The number of hydrogen-bond acceptors (Lipinski definition) is 5. The molecule has 3 fully saturated rings. The summed E-state index contributed by atoms with van der Waals surface area (Å²) in [6.07, 6.45) is 4.32. The van der Waals surface area contributed by atoms with Crippen LogP contribution in [-0.4, -0.2) is 43.2 Å². The molecule has 1 amide bonds. The maximum Gasteiger partial charge on any atom is 0.416 e. The number of aryl methyl sites for hydroxylation is 1. The minimum Gasteiger partial charge on any atom is -0.320 e. The third kappa shape index (κ3) is 4.80. The number of benzene rings is 1. The second kappa shape index (κ2) is 10.0. The molecule has 8 nitrogen and oxygen atoms in total. The Labute approximate surface area is 248 Å². The van der Waals surface area contributed by atoms with Gasteiger partial charge >= 0.3 is 6.18 Å².